The normalized spacial score (nSPS) is 15.1. The number of aromatic nitrogens is 1. The molecule has 1 amide bonds. The number of aliphatic hydroxyl groups is 1. The Labute approximate surface area is 213 Å². The summed E-state index contributed by atoms with van der Waals surface area (Å²) in [6.45, 7) is 2.35. The van der Waals surface area contributed by atoms with Gasteiger partial charge in [0.15, 0.2) is 0 Å². The number of nitrogens with zero attached hydrogens (tertiary/aromatic N) is 3. The lowest BCUT2D eigenvalue weighted by atomic mass is 10.1. The second-order valence-electron chi connectivity index (χ2n) is 8.44. The summed E-state index contributed by atoms with van der Waals surface area (Å²) >= 11 is 6.05. The van der Waals surface area contributed by atoms with E-state index < -0.39 is 12.3 Å². The first kappa shape index (κ1) is 23.7. The molecule has 2 heterocycles. The second kappa shape index (κ2) is 9.89. The number of nitrogens with one attached hydrogen (secondary N) is 1. The number of carbonyl (C=O) groups excluding carboxylic acids is 1. The fourth-order valence-corrected chi connectivity index (χ4v) is 4.58. The third-order valence-corrected chi connectivity index (χ3v) is 6.30. The van der Waals surface area contributed by atoms with Crippen molar-refractivity contribution < 1.29 is 9.90 Å². The number of anilines is 5. The van der Waals surface area contributed by atoms with Crippen molar-refractivity contribution in [1.29, 1.82) is 0 Å². The van der Waals surface area contributed by atoms with Crippen molar-refractivity contribution in [3.63, 3.8) is 0 Å². The van der Waals surface area contributed by atoms with Crippen molar-refractivity contribution in [3.05, 3.63) is 112 Å². The highest BCUT2D eigenvalue weighted by molar-refractivity contribution is 6.30. The van der Waals surface area contributed by atoms with E-state index in [0.29, 0.717) is 46.6 Å². The summed E-state index contributed by atoms with van der Waals surface area (Å²) in [5, 5.41) is 15.4. The lowest BCUT2D eigenvalue weighted by molar-refractivity contribution is 0.0871. The molecule has 1 aliphatic rings. The Balaban J connectivity index is 1.79. The number of para-hydroxylation sites is 2. The van der Waals surface area contributed by atoms with Crippen LogP contribution in [0.1, 0.15) is 23.7 Å². The Morgan fingerprint density at radius 3 is 2.03 bits per heavy atom. The molecule has 1 aliphatic heterocycles. The average Bonchev–Trinajstić information content (AvgIpc) is 2.89. The molecule has 1 aromatic heterocycles. The molecule has 0 saturated heterocycles. The predicted octanol–water partition coefficient (Wildman–Crippen LogP) is 5.73. The number of halogens is 1. The van der Waals surface area contributed by atoms with Crippen LogP contribution in [0.4, 0.5) is 28.6 Å². The smallest absolute Gasteiger partial charge is 0.267 e. The highest BCUT2D eigenvalue weighted by atomic mass is 35.5. The number of hydrogen-bond acceptors (Lipinski definition) is 5. The van der Waals surface area contributed by atoms with E-state index >= 15 is 0 Å². The zero-order valence-electron chi connectivity index (χ0n) is 19.6. The van der Waals surface area contributed by atoms with Gasteiger partial charge in [-0.15, -0.1) is 0 Å². The van der Waals surface area contributed by atoms with Gasteiger partial charge < -0.3 is 10.4 Å². The fraction of sp³-hybridized carbons (Fsp3) is 0.143. The minimum absolute atomic E-state index is 0.277. The largest absolute Gasteiger partial charge is 0.356 e. The predicted molar refractivity (Wildman–Crippen MR) is 144 cm³/mol. The number of rotatable bonds is 6. The molecule has 182 valence electrons. The molecule has 0 saturated carbocycles. The number of fused-ring (bicyclic) bond motifs is 1. The molecule has 5 rings (SSSR count). The molecule has 0 spiro atoms. The van der Waals surface area contributed by atoms with E-state index in [2.05, 4.69) is 5.32 Å². The van der Waals surface area contributed by atoms with Crippen LogP contribution in [0.25, 0.3) is 0 Å². The molecule has 0 radical (unpaired) electrons. The zero-order valence-corrected chi connectivity index (χ0v) is 20.4. The van der Waals surface area contributed by atoms with Crippen molar-refractivity contribution in [1.82, 2.24) is 4.57 Å². The van der Waals surface area contributed by atoms with Gasteiger partial charge in [0.05, 0.1) is 5.69 Å². The summed E-state index contributed by atoms with van der Waals surface area (Å²) < 4.78 is 1.55. The van der Waals surface area contributed by atoms with Crippen LogP contribution in [0.2, 0.25) is 5.02 Å². The minimum Gasteiger partial charge on any atom is -0.356 e. The van der Waals surface area contributed by atoms with Gasteiger partial charge in [-0.05, 0) is 55.0 Å². The molecule has 1 unspecified atom stereocenters. The Hall–Kier alpha value is -4.07. The van der Waals surface area contributed by atoms with Crippen LogP contribution >= 0.6 is 11.6 Å². The third-order valence-electron chi connectivity index (χ3n) is 6.04. The molecule has 36 heavy (non-hydrogen) atoms. The summed E-state index contributed by atoms with van der Waals surface area (Å²) in [5.41, 5.74) is 2.21. The maximum Gasteiger partial charge on any atom is 0.267 e. The lowest BCUT2D eigenvalue weighted by Crippen LogP contribution is -2.55. The van der Waals surface area contributed by atoms with Gasteiger partial charge >= 0.3 is 0 Å². The first-order valence-corrected chi connectivity index (χ1v) is 12.1. The monoisotopic (exact) mass is 500 g/mol. The SMILES string of the molecule is CCCn1c2c(c(Nc3ccc(Cl)cc3)cc1=O)C(=O)N(c1ccccc1)C(O)N2c1ccccc1. The van der Waals surface area contributed by atoms with Crippen molar-refractivity contribution in [2.45, 2.75) is 26.2 Å². The Morgan fingerprint density at radius 2 is 1.44 bits per heavy atom. The number of carbonyl (C=O) groups is 1. The number of amides is 1. The minimum atomic E-state index is -1.37. The van der Waals surface area contributed by atoms with Gasteiger partial charge in [-0.25, -0.2) is 0 Å². The van der Waals surface area contributed by atoms with Gasteiger partial charge in [0, 0.05) is 34.7 Å². The number of aliphatic hydroxyl groups excluding tert-OH is 1. The molecule has 0 fully saturated rings. The average molecular weight is 501 g/mol. The molecule has 0 aliphatic carbocycles. The first-order valence-electron chi connectivity index (χ1n) is 11.7. The Bertz CT molecular complexity index is 1440. The Morgan fingerprint density at radius 1 is 0.861 bits per heavy atom. The van der Waals surface area contributed by atoms with E-state index in [0.717, 1.165) is 0 Å². The highest BCUT2D eigenvalue weighted by Gasteiger charge is 2.42. The van der Waals surface area contributed by atoms with E-state index in [-0.39, 0.29) is 11.1 Å². The van der Waals surface area contributed by atoms with Gasteiger partial charge in [0.25, 0.3) is 11.5 Å². The maximum atomic E-state index is 14.1. The van der Waals surface area contributed by atoms with Gasteiger partial charge in [-0.2, -0.15) is 0 Å². The van der Waals surface area contributed by atoms with Gasteiger partial charge in [0.2, 0.25) is 6.35 Å². The van der Waals surface area contributed by atoms with E-state index in [1.807, 2.05) is 55.5 Å². The standard InChI is InChI=1S/C28H25ClN4O3/c1-2-17-31-24(34)18-23(30-20-15-13-19(29)14-16-20)25-26(31)32(21-9-5-3-6-10-21)28(36)33(27(25)35)22-11-7-4-8-12-22/h3-16,18,28,30,36H,2,17H2,1H3. The second-order valence-corrected chi connectivity index (χ2v) is 8.88. The zero-order chi connectivity index (χ0) is 25.2. The van der Waals surface area contributed by atoms with Crippen LogP contribution in [0, 0.1) is 0 Å². The maximum absolute atomic E-state index is 14.1. The lowest BCUT2D eigenvalue weighted by Gasteiger charge is -2.43. The van der Waals surface area contributed by atoms with Gasteiger partial charge in [0.1, 0.15) is 11.4 Å². The quantitative estimate of drug-likeness (QED) is 0.353. The topological polar surface area (TPSA) is 77.8 Å². The first-order chi connectivity index (χ1) is 17.5. The van der Waals surface area contributed by atoms with Crippen molar-refractivity contribution in [2.24, 2.45) is 0 Å². The van der Waals surface area contributed by atoms with E-state index in [1.54, 1.807) is 45.9 Å². The third kappa shape index (κ3) is 4.23. The van der Waals surface area contributed by atoms with Crippen molar-refractivity contribution in [2.75, 3.05) is 15.1 Å². The number of pyridine rings is 1. The molecule has 0 bridgehead atoms. The summed E-state index contributed by atoms with van der Waals surface area (Å²) in [7, 11) is 0. The van der Waals surface area contributed by atoms with Crippen LogP contribution in [0.5, 0.6) is 0 Å². The molecule has 1 atom stereocenters. The van der Waals surface area contributed by atoms with Crippen LogP contribution in [0.15, 0.2) is 95.8 Å². The van der Waals surface area contributed by atoms with Crippen LogP contribution < -0.4 is 20.7 Å². The van der Waals surface area contributed by atoms with Gasteiger partial charge in [-0.3, -0.25) is 24.0 Å². The molecule has 8 heteroatoms. The summed E-state index contributed by atoms with van der Waals surface area (Å²) in [5.74, 6) is -0.0751. The van der Waals surface area contributed by atoms with Crippen LogP contribution in [-0.2, 0) is 6.54 Å². The Kier molecular flexibility index (Phi) is 6.50. The van der Waals surface area contributed by atoms with Crippen LogP contribution in [-0.4, -0.2) is 21.9 Å². The molecular weight excluding hydrogens is 476 g/mol. The summed E-state index contributed by atoms with van der Waals surface area (Å²) in [6, 6.07) is 26.7. The van der Waals surface area contributed by atoms with Crippen molar-refractivity contribution in [3.8, 4) is 0 Å². The van der Waals surface area contributed by atoms with Gasteiger partial charge in [-0.1, -0.05) is 54.9 Å². The molecule has 2 N–H and O–H groups in total. The molecular formula is C28H25ClN4O3. The van der Waals surface area contributed by atoms with E-state index in [1.165, 1.54) is 11.0 Å². The fourth-order valence-electron chi connectivity index (χ4n) is 4.46. The number of benzene rings is 3. The van der Waals surface area contributed by atoms with Crippen LogP contribution in [0.3, 0.4) is 0 Å². The molecule has 7 nitrogen and oxygen atoms in total. The summed E-state index contributed by atoms with van der Waals surface area (Å²) in [6.07, 6.45) is -0.700. The van der Waals surface area contributed by atoms with E-state index in [9.17, 15) is 14.7 Å². The van der Waals surface area contributed by atoms with Crippen molar-refractivity contribution >= 4 is 46.1 Å². The molecule has 4 aromatic rings. The highest BCUT2D eigenvalue weighted by Crippen LogP contribution is 2.41. The summed E-state index contributed by atoms with van der Waals surface area (Å²) in [4.78, 5) is 30.4. The molecule has 3 aromatic carbocycles. The van der Waals surface area contributed by atoms with E-state index in [4.69, 9.17) is 11.6 Å². The number of hydrogen-bond donors (Lipinski definition) is 2.